The van der Waals surface area contributed by atoms with Crippen LogP contribution in [0.1, 0.15) is 27.7 Å². The molecule has 0 atom stereocenters. The maximum Gasteiger partial charge on any atom is 0.294 e. The van der Waals surface area contributed by atoms with Gasteiger partial charge in [-0.1, -0.05) is 11.6 Å². The molecule has 0 unspecified atom stereocenters. The Balaban J connectivity index is 2.51. The molecule has 1 aromatic carbocycles. The topological polar surface area (TPSA) is 100 Å². The molecule has 2 rings (SSSR count). The first-order chi connectivity index (χ1) is 12.9. The fraction of sp³-hybridized carbons (Fsp3) is 0.471. The molecule has 0 radical (unpaired) electrons. The molecule has 0 aliphatic rings. The van der Waals surface area contributed by atoms with Crippen molar-refractivity contribution in [2.24, 2.45) is 0 Å². The first kappa shape index (κ1) is 20.6. The average molecular weight is 394 g/mol. The molecule has 0 saturated carbocycles. The maximum absolute atomic E-state index is 11.3. The zero-order valence-corrected chi connectivity index (χ0v) is 16.7. The molecule has 27 heavy (non-hydrogen) atoms. The number of aromatic nitrogens is 3. The van der Waals surface area contributed by atoms with E-state index in [0.29, 0.717) is 11.9 Å². The van der Waals surface area contributed by atoms with E-state index in [-0.39, 0.29) is 22.3 Å². The van der Waals surface area contributed by atoms with Gasteiger partial charge in [-0.25, -0.2) is 0 Å². The SMILES string of the molecule is CCN(CC)c1nc(Nc2ccc(Cl)cc2[N+](=O)[O-])nc(N(CC)CC)n1. The van der Waals surface area contributed by atoms with Crippen LogP contribution in [0.4, 0.5) is 29.2 Å². The van der Waals surface area contributed by atoms with Crippen LogP contribution < -0.4 is 15.1 Å². The predicted octanol–water partition coefficient (Wildman–Crippen LogP) is 3.87. The number of hydrogen-bond donors (Lipinski definition) is 1. The van der Waals surface area contributed by atoms with E-state index in [1.54, 1.807) is 12.1 Å². The fourth-order valence-electron chi connectivity index (χ4n) is 2.59. The fourth-order valence-corrected chi connectivity index (χ4v) is 2.75. The van der Waals surface area contributed by atoms with Crippen LogP contribution in [-0.4, -0.2) is 46.1 Å². The van der Waals surface area contributed by atoms with E-state index in [1.807, 2.05) is 37.5 Å². The predicted molar refractivity (Wildman–Crippen MR) is 108 cm³/mol. The molecule has 0 aliphatic heterocycles. The molecule has 0 bridgehead atoms. The highest BCUT2D eigenvalue weighted by Crippen LogP contribution is 2.30. The van der Waals surface area contributed by atoms with Crippen LogP contribution in [0.5, 0.6) is 0 Å². The van der Waals surface area contributed by atoms with Gasteiger partial charge >= 0.3 is 0 Å². The second-order valence-electron chi connectivity index (χ2n) is 5.65. The Hall–Kier alpha value is -2.68. The molecule has 146 valence electrons. The standard InChI is InChI=1S/C17H24ClN7O2/c1-5-23(6-2)16-20-15(21-17(22-16)24(7-3)8-4)19-13-10-9-12(18)11-14(13)25(26)27/h9-11H,5-8H2,1-4H3,(H,19,20,21,22). The summed E-state index contributed by atoms with van der Waals surface area (Å²) in [4.78, 5) is 28.3. The van der Waals surface area contributed by atoms with Crippen molar-refractivity contribution in [1.82, 2.24) is 15.0 Å². The van der Waals surface area contributed by atoms with Crippen LogP contribution in [0.2, 0.25) is 5.02 Å². The summed E-state index contributed by atoms with van der Waals surface area (Å²) in [6.07, 6.45) is 0. The summed E-state index contributed by atoms with van der Waals surface area (Å²) in [7, 11) is 0. The second kappa shape index (κ2) is 9.31. The Kier molecular flexibility index (Phi) is 7.12. The highest BCUT2D eigenvalue weighted by atomic mass is 35.5. The van der Waals surface area contributed by atoms with Gasteiger partial charge in [-0.15, -0.1) is 0 Å². The number of nitrogens with zero attached hydrogens (tertiary/aromatic N) is 6. The highest BCUT2D eigenvalue weighted by Gasteiger charge is 2.18. The van der Waals surface area contributed by atoms with E-state index in [4.69, 9.17) is 11.6 Å². The molecule has 1 aromatic heterocycles. The van der Waals surface area contributed by atoms with Gasteiger partial charge in [-0.2, -0.15) is 15.0 Å². The van der Waals surface area contributed by atoms with E-state index in [1.165, 1.54) is 6.07 Å². The Bertz CT molecular complexity index is 765. The molecule has 0 spiro atoms. The van der Waals surface area contributed by atoms with Crippen LogP contribution in [0.3, 0.4) is 0 Å². The number of nitrogens with one attached hydrogen (secondary N) is 1. The van der Waals surface area contributed by atoms with Gasteiger partial charge in [0.2, 0.25) is 17.8 Å². The lowest BCUT2D eigenvalue weighted by Gasteiger charge is -2.23. The molecule has 0 saturated heterocycles. The van der Waals surface area contributed by atoms with E-state index in [2.05, 4.69) is 20.3 Å². The Morgan fingerprint density at radius 3 is 1.96 bits per heavy atom. The maximum atomic E-state index is 11.3. The van der Waals surface area contributed by atoms with Crippen LogP contribution in [0.25, 0.3) is 0 Å². The number of anilines is 4. The molecule has 1 N–H and O–H groups in total. The van der Waals surface area contributed by atoms with Gasteiger partial charge in [0.1, 0.15) is 5.69 Å². The average Bonchev–Trinajstić information content (AvgIpc) is 2.65. The van der Waals surface area contributed by atoms with E-state index < -0.39 is 4.92 Å². The third-order valence-corrected chi connectivity index (χ3v) is 4.34. The number of halogens is 1. The van der Waals surface area contributed by atoms with Gasteiger partial charge in [0.15, 0.2) is 0 Å². The van der Waals surface area contributed by atoms with Gasteiger partial charge in [0.05, 0.1) is 4.92 Å². The van der Waals surface area contributed by atoms with Crippen molar-refractivity contribution >= 4 is 40.8 Å². The molecule has 0 aliphatic carbocycles. The van der Waals surface area contributed by atoms with Gasteiger partial charge in [0.25, 0.3) is 5.69 Å². The third kappa shape index (κ3) is 4.94. The van der Waals surface area contributed by atoms with Crippen LogP contribution in [0.15, 0.2) is 18.2 Å². The smallest absolute Gasteiger partial charge is 0.294 e. The third-order valence-electron chi connectivity index (χ3n) is 4.11. The molecule has 0 fully saturated rings. The monoisotopic (exact) mass is 393 g/mol. The van der Waals surface area contributed by atoms with Crippen molar-refractivity contribution < 1.29 is 4.92 Å². The minimum Gasteiger partial charge on any atom is -0.341 e. The molecule has 10 heteroatoms. The van der Waals surface area contributed by atoms with Crippen molar-refractivity contribution in [3.8, 4) is 0 Å². The first-order valence-corrected chi connectivity index (χ1v) is 9.28. The first-order valence-electron chi connectivity index (χ1n) is 8.90. The summed E-state index contributed by atoms with van der Waals surface area (Å²) >= 11 is 5.89. The van der Waals surface area contributed by atoms with Gasteiger partial charge in [-0.05, 0) is 39.8 Å². The van der Waals surface area contributed by atoms with Crippen molar-refractivity contribution in [3.05, 3.63) is 33.3 Å². The van der Waals surface area contributed by atoms with Gasteiger partial charge < -0.3 is 15.1 Å². The van der Waals surface area contributed by atoms with Gasteiger partial charge in [0, 0.05) is 37.3 Å². The minimum atomic E-state index is -0.494. The molecule has 2 aromatic rings. The van der Waals surface area contributed by atoms with E-state index >= 15 is 0 Å². The number of nitro groups is 1. The summed E-state index contributed by atoms with van der Waals surface area (Å²) in [6.45, 7) is 11.0. The van der Waals surface area contributed by atoms with Crippen molar-refractivity contribution in [3.63, 3.8) is 0 Å². The number of benzene rings is 1. The van der Waals surface area contributed by atoms with Crippen LogP contribution in [0, 0.1) is 10.1 Å². The summed E-state index contributed by atoms with van der Waals surface area (Å²) in [5.41, 5.74) is 0.128. The molecular formula is C17H24ClN7O2. The Labute approximate surface area is 163 Å². The lowest BCUT2D eigenvalue weighted by atomic mass is 10.2. The van der Waals surface area contributed by atoms with Crippen LogP contribution in [-0.2, 0) is 0 Å². The molecular weight excluding hydrogens is 370 g/mol. The normalized spacial score (nSPS) is 10.6. The zero-order chi connectivity index (χ0) is 20.0. The minimum absolute atomic E-state index is 0.142. The second-order valence-corrected chi connectivity index (χ2v) is 6.08. The lowest BCUT2D eigenvalue weighted by Crippen LogP contribution is -2.29. The van der Waals surface area contributed by atoms with Crippen LogP contribution >= 0.6 is 11.6 Å². The molecule has 9 nitrogen and oxygen atoms in total. The number of nitro benzene ring substituents is 1. The quantitative estimate of drug-likeness (QED) is 0.506. The highest BCUT2D eigenvalue weighted by molar-refractivity contribution is 6.30. The summed E-state index contributed by atoms with van der Waals surface area (Å²) in [6, 6.07) is 4.41. The Morgan fingerprint density at radius 1 is 1.00 bits per heavy atom. The molecule has 1 heterocycles. The summed E-state index contributed by atoms with van der Waals surface area (Å²) in [5.74, 6) is 1.30. The van der Waals surface area contributed by atoms with E-state index in [0.717, 1.165) is 26.2 Å². The van der Waals surface area contributed by atoms with Gasteiger partial charge in [-0.3, -0.25) is 10.1 Å². The van der Waals surface area contributed by atoms with Crippen molar-refractivity contribution in [1.29, 1.82) is 0 Å². The largest absolute Gasteiger partial charge is 0.341 e. The van der Waals surface area contributed by atoms with Crippen molar-refractivity contribution in [2.75, 3.05) is 41.3 Å². The van der Waals surface area contributed by atoms with E-state index in [9.17, 15) is 10.1 Å². The zero-order valence-electron chi connectivity index (χ0n) is 15.9. The lowest BCUT2D eigenvalue weighted by molar-refractivity contribution is -0.383. The summed E-state index contributed by atoms with van der Waals surface area (Å²) in [5, 5.41) is 14.6. The van der Waals surface area contributed by atoms with Crippen molar-refractivity contribution in [2.45, 2.75) is 27.7 Å². The summed E-state index contributed by atoms with van der Waals surface area (Å²) < 4.78 is 0. The molecule has 0 amide bonds. The number of rotatable bonds is 9. The number of hydrogen-bond acceptors (Lipinski definition) is 8. The Morgan fingerprint density at radius 2 is 1.52 bits per heavy atom.